The Kier molecular flexibility index (Phi) is 3.56. The molecule has 2 aromatic rings. The quantitative estimate of drug-likeness (QED) is 0.807. The lowest BCUT2D eigenvalue weighted by Crippen LogP contribution is -2.48. The first-order valence-electron chi connectivity index (χ1n) is 7.91. The molecule has 2 fully saturated rings. The minimum Gasteiger partial charge on any atom is -0.378 e. The summed E-state index contributed by atoms with van der Waals surface area (Å²) < 4.78 is 5.32. The fraction of sp³-hybridized carbons (Fsp3) is 0.500. The third kappa shape index (κ3) is 2.60. The predicted octanol–water partition coefficient (Wildman–Crippen LogP) is 1.76. The molecule has 1 aliphatic carbocycles. The van der Waals surface area contributed by atoms with Crippen molar-refractivity contribution in [3.05, 3.63) is 24.0 Å². The number of carbonyl (C=O) groups excluding carboxylic acids is 1. The summed E-state index contributed by atoms with van der Waals surface area (Å²) in [5.41, 5.74) is 2.72. The number of H-pyrrole nitrogens is 1. The van der Waals surface area contributed by atoms with Crippen molar-refractivity contribution in [1.82, 2.24) is 15.3 Å². The predicted molar refractivity (Wildman–Crippen MR) is 83.9 cm³/mol. The Bertz CT molecular complexity index is 687. The Morgan fingerprint density at radius 1 is 1.36 bits per heavy atom. The van der Waals surface area contributed by atoms with E-state index in [0.29, 0.717) is 25.7 Å². The summed E-state index contributed by atoms with van der Waals surface area (Å²) in [6.45, 7) is 1.79. The number of aromatic nitrogens is 2. The van der Waals surface area contributed by atoms with Gasteiger partial charge < -0.3 is 20.4 Å². The van der Waals surface area contributed by atoms with E-state index in [1.54, 1.807) is 0 Å². The molecule has 1 amide bonds. The standard InChI is InChI=1S/C16H20N4O2/c21-16(14-9-22-7-6-17-14)18-11-4-5-12-13(8-11)20-15(19-12)10-2-1-3-10/h4-5,8,10,14,17H,1-3,6-7,9H2,(H,18,21)(H,19,20). The smallest absolute Gasteiger partial charge is 0.243 e. The van der Waals surface area contributed by atoms with Gasteiger partial charge in [-0.1, -0.05) is 6.42 Å². The molecule has 1 saturated heterocycles. The van der Waals surface area contributed by atoms with Gasteiger partial charge >= 0.3 is 0 Å². The lowest BCUT2D eigenvalue weighted by atomic mass is 9.85. The largest absolute Gasteiger partial charge is 0.378 e. The number of imidazole rings is 1. The van der Waals surface area contributed by atoms with Crippen molar-refractivity contribution >= 4 is 22.6 Å². The van der Waals surface area contributed by atoms with Gasteiger partial charge in [-0.3, -0.25) is 4.79 Å². The Hall–Kier alpha value is -1.92. The fourth-order valence-electron chi connectivity index (χ4n) is 2.95. The average molecular weight is 300 g/mol. The molecule has 2 aliphatic rings. The molecule has 0 radical (unpaired) electrons. The average Bonchev–Trinajstić information content (AvgIpc) is 2.88. The molecule has 3 N–H and O–H groups in total. The second kappa shape index (κ2) is 5.70. The first-order chi connectivity index (χ1) is 10.8. The van der Waals surface area contributed by atoms with Gasteiger partial charge in [-0.05, 0) is 31.0 Å². The topological polar surface area (TPSA) is 79.0 Å². The van der Waals surface area contributed by atoms with Crippen LogP contribution in [0.25, 0.3) is 11.0 Å². The maximum absolute atomic E-state index is 12.2. The van der Waals surface area contributed by atoms with Crippen LogP contribution in [0.3, 0.4) is 0 Å². The van der Waals surface area contributed by atoms with E-state index in [1.807, 2.05) is 18.2 Å². The summed E-state index contributed by atoms with van der Waals surface area (Å²) in [5, 5.41) is 6.09. The van der Waals surface area contributed by atoms with Crippen LogP contribution in [0.15, 0.2) is 18.2 Å². The van der Waals surface area contributed by atoms with Crippen LogP contribution < -0.4 is 10.6 Å². The molecule has 6 heteroatoms. The molecule has 1 atom stereocenters. The Labute approximate surface area is 128 Å². The summed E-state index contributed by atoms with van der Waals surface area (Å²) in [6, 6.07) is 5.52. The molecular formula is C16H20N4O2. The Balaban J connectivity index is 1.50. The van der Waals surface area contributed by atoms with E-state index in [-0.39, 0.29) is 11.9 Å². The van der Waals surface area contributed by atoms with Gasteiger partial charge in [0.2, 0.25) is 5.91 Å². The molecular weight excluding hydrogens is 280 g/mol. The van der Waals surface area contributed by atoms with Crippen LogP contribution >= 0.6 is 0 Å². The van der Waals surface area contributed by atoms with Gasteiger partial charge in [-0.2, -0.15) is 0 Å². The zero-order chi connectivity index (χ0) is 14.9. The van der Waals surface area contributed by atoms with Crippen LogP contribution in [-0.2, 0) is 9.53 Å². The number of nitrogens with one attached hydrogen (secondary N) is 3. The number of amides is 1. The number of morpholine rings is 1. The highest BCUT2D eigenvalue weighted by Crippen LogP contribution is 2.35. The molecule has 1 saturated carbocycles. The molecule has 116 valence electrons. The lowest BCUT2D eigenvalue weighted by molar-refractivity contribution is -0.120. The van der Waals surface area contributed by atoms with E-state index in [1.165, 1.54) is 19.3 Å². The van der Waals surface area contributed by atoms with E-state index in [4.69, 9.17) is 4.74 Å². The molecule has 2 heterocycles. The molecule has 4 rings (SSSR count). The van der Waals surface area contributed by atoms with Crippen molar-refractivity contribution in [3.8, 4) is 0 Å². The molecule has 22 heavy (non-hydrogen) atoms. The van der Waals surface area contributed by atoms with E-state index in [9.17, 15) is 4.79 Å². The number of aromatic amines is 1. The van der Waals surface area contributed by atoms with Gasteiger partial charge in [0, 0.05) is 18.2 Å². The van der Waals surface area contributed by atoms with Gasteiger partial charge in [-0.25, -0.2) is 4.98 Å². The minimum atomic E-state index is -0.281. The normalized spacial score (nSPS) is 22.5. The van der Waals surface area contributed by atoms with Crippen LogP contribution in [0.4, 0.5) is 5.69 Å². The molecule has 1 aromatic carbocycles. The van der Waals surface area contributed by atoms with E-state index < -0.39 is 0 Å². The van der Waals surface area contributed by atoms with E-state index in [0.717, 1.165) is 22.5 Å². The first-order valence-corrected chi connectivity index (χ1v) is 7.91. The minimum absolute atomic E-state index is 0.0576. The maximum atomic E-state index is 12.2. The van der Waals surface area contributed by atoms with Crippen molar-refractivity contribution in [2.45, 2.75) is 31.2 Å². The number of rotatable bonds is 3. The van der Waals surface area contributed by atoms with Crippen molar-refractivity contribution in [3.63, 3.8) is 0 Å². The number of carbonyl (C=O) groups is 1. The SMILES string of the molecule is O=C(Nc1ccc2nc(C3CCC3)[nH]c2c1)C1COCCN1. The van der Waals surface area contributed by atoms with Crippen LogP contribution in [0, 0.1) is 0 Å². The van der Waals surface area contributed by atoms with Crippen LogP contribution in [0.5, 0.6) is 0 Å². The number of anilines is 1. The molecule has 1 unspecified atom stereocenters. The number of hydrogen-bond donors (Lipinski definition) is 3. The lowest BCUT2D eigenvalue weighted by Gasteiger charge is -2.22. The molecule has 1 aliphatic heterocycles. The second-order valence-electron chi connectivity index (χ2n) is 6.05. The maximum Gasteiger partial charge on any atom is 0.243 e. The van der Waals surface area contributed by atoms with Crippen LogP contribution in [0.2, 0.25) is 0 Å². The van der Waals surface area contributed by atoms with Crippen molar-refractivity contribution in [2.75, 3.05) is 25.1 Å². The first kappa shape index (κ1) is 13.7. The van der Waals surface area contributed by atoms with Crippen LogP contribution in [-0.4, -0.2) is 41.7 Å². The van der Waals surface area contributed by atoms with E-state index >= 15 is 0 Å². The van der Waals surface area contributed by atoms with Crippen molar-refractivity contribution in [2.24, 2.45) is 0 Å². The number of fused-ring (bicyclic) bond motifs is 1. The molecule has 6 nitrogen and oxygen atoms in total. The summed E-state index contributed by atoms with van der Waals surface area (Å²) in [5.74, 6) is 1.60. The monoisotopic (exact) mass is 300 g/mol. The zero-order valence-electron chi connectivity index (χ0n) is 12.4. The Morgan fingerprint density at radius 2 is 2.27 bits per heavy atom. The van der Waals surface area contributed by atoms with Crippen LogP contribution in [0.1, 0.15) is 31.0 Å². The number of benzene rings is 1. The zero-order valence-corrected chi connectivity index (χ0v) is 12.4. The number of hydrogen-bond acceptors (Lipinski definition) is 4. The highest BCUT2D eigenvalue weighted by atomic mass is 16.5. The number of ether oxygens (including phenoxy) is 1. The van der Waals surface area contributed by atoms with Crippen molar-refractivity contribution < 1.29 is 9.53 Å². The third-order valence-electron chi connectivity index (χ3n) is 4.50. The highest BCUT2D eigenvalue weighted by Gasteiger charge is 2.23. The Morgan fingerprint density at radius 3 is 3.00 bits per heavy atom. The molecule has 1 aromatic heterocycles. The van der Waals surface area contributed by atoms with E-state index in [2.05, 4.69) is 20.6 Å². The van der Waals surface area contributed by atoms with Gasteiger partial charge in [0.15, 0.2) is 0 Å². The van der Waals surface area contributed by atoms with Gasteiger partial charge in [0.25, 0.3) is 0 Å². The molecule has 0 bridgehead atoms. The van der Waals surface area contributed by atoms with Gasteiger partial charge in [0.05, 0.1) is 24.2 Å². The second-order valence-corrected chi connectivity index (χ2v) is 6.05. The molecule has 0 spiro atoms. The fourth-order valence-corrected chi connectivity index (χ4v) is 2.95. The van der Waals surface area contributed by atoms with Crippen molar-refractivity contribution in [1.29, 1.82) is 0 Å². The van der Waals surface area contributed by atoms with Gasteiger partial charge in [0.1, 0.15) is 11.9 Å². The summed E-state index contributed by atoms with van der Waals surface area (Å²) in [4.78, 5) is 20.2. The summed E-state index contributed by atoms with van der Waals surface area (Å²) in [6.07, 6.45) is 3.73. The summed E-state index contributed by atoms with van der Waals surface area (Å²) >= 11 is 0. The van der Waals surface area contributed by atoms with Gasteiger partial charge in [-0.15, -0.1) is 0 Å². The summed E-state index contributed by atoms with van der Waals surface area (Å²) in [7, 11) is 0. The highest BCUT2D eigenvalue weighted by molar-refractivity contribution is 5.96. The number of nitrogens with zero attached hydrogens (tertiary/aromatic N) is 1. The third-order valence-corrected chi connectivity index (χ3v) is 4.50.